The Morgan fingerprint density at radius 1 is 0.974 bits per heavy atom. The molecule has 3 heterocycles. The number of aromatic nitrogens is 4. The Bertz CT molecular complexity index is 1330. The van der Waals surface area contributed by atoms with Crippen molar-refractivity contribution in [1.29, 1.82) is 0 Å². The first-order chi connectivity index (χ1) is 18.9. The molecule has 6 rings (SSSR count). The standard InChI is InChI=1S/C28H35F2N7O2/c29-18-5-12-23(22(30)15-18)33-28-34-24-16-31-27(35-25(24)37(28)20-8-10-21(38)11-9-20)32-19-6-3-17(4-7-19)26(39)36-13-1-2-14-36/h5,12,15-17,19-21,38H,1-4,6-11,13-14H2,(H,33,34)(H,31,32,35)/t17-,19-,20-,21+. The molecule has 1 amide bonds. The van der Waals surface area contributed by atoms with Crippen LogP contribution in [0.2, 0.25) is 0 Å². The highest BCUT2D eigenvalue weighted by Gasteiger charge is 2.31. The molecule has 9 nitrogen and oxygen atoms in total. The van der Waals surface area contributed by atoms with E-state index in [1.54, 1.807) is 6.20 Å². The van der Waals surface area contributed by atoms with E-state index in [-0.39, 0.29) is 29.8 Å². The molecule has 2 aliphatic carbocycles. The topological polar surface area (TPSA) is 108 Å². The van der Waals surface area contributed by atoms with Crippen LogP contribution in [0.1, 0.15) is 70.3 Å². The summed E-state index contributed by atoms with van der Waals surface area (Å²) >= 11 is 0. The summed E-state index contributed by atoms with van der Waals surface area (Å²) in [4.78, 5) is 28.8. The smallest absolute Gasteiger partial charge is 0.225 e. The van der Waals surface area contributed by atoms with Crippen LogP contribution in [0.4, 0.5) is 26.4 Å². The second-order valence-electron chi connectivity index (χ2n) is 11.1. The first-order valence-corrected chi connectivity index (χ1v) is 14.1. The number of nitrogens with one attached hydrogen (secondary N) is 2. The average Bonchev–Trinajstić information content (AvgIpc) is 3.59. The number of aliphatic hydroxyl groups excluding tert-OH is 1. The normalized spacial score (nSPS) is 25.7. The molecule has 0 bridgehead atoms. The SMILES string of the molecule is O=C([C@H]1CC[C@H](Nc2ncc3nc(Nc4ccc(F)cc4F)n([C@H]4CC[C@@H](O)CC4)c3n2)CC1)N1CCCC1. The highest BCUT2D eigenvalue weighted by molar-refractivity contribution is 5.79. The molecule has 3 aromatic rings. The zero-order valence-corrected chi connectivity index (χ0v) is 22.0. The summed E-state index contributed by atoms with van der Waals surface area (Å²) in [6.45, 7) is 1.78. The van der Waals surface area contributed by atoms with Gasteiger partial charge in [0, 0.05) is 37.2 Å². The second kappa shape index (κ2) is 11.0. The third-order valence-corrected chi connectivity index (χ3v) is 8.47. The molecular formula is C28H35F2N7O2. The van der Waals surface area contributed by atoms with Crippen LogP contribution < -0.4 is 10.6 Å². The van der Waals surface area contributed by atoms with Crippen LogP contribution in [0, 0.1) is 17.6 Å². The molecule has 0 radical (unpaired) electrons. The van der Waals surface area contributed by atoms with Gasteiger partial charge in [0.05, 0.1) is 18.0 Å². The number of hydrogen-bond donors (Lipinski definition) is 3. The van der Waals surface area contributed by atoms with Crippen molar-refractivity contribution in [1.82, 2.24) is 24.4 Å². The lowest BCUT2D eigenvalue weighted by molar-refractivity contribution is -0.135. The van der Waals surface area contributed by atoms with Gasteiger partial charge in [0.1, 0.15) is 17.2 Å². The molecule has 1 aromatic carbocycles. The molecule has 0 unspecified atom stereocenters. The third-order valence-electron chi connectivity index (χ3n) is 8.47. The second-order valence-corrected chi connectivity index (χ2v) is 11.1. The highest BCUT2D eigenvalue weighted by Crippen LogP contribution is 2.36. The van der Waals surface area contributed by atoms with Crippen molar-refractivity contribution in [2.45, 2.75) is 82.4 Å². The molecule has 1 saturated heterocycles. The zero-order chi connectivity index (χ0) is 26.9. The van der Waals surface area contributed by atoms with E-state index in [0.717, 1.165) is 70.5 Å². The Labute approximate surface area is 226 Å². The predicted molar refractivity (Wildman–Crippen MR) is 144 cm³/mol. The summed E-state index contributed by atoms with van der Waals surface area (Å²) in [6, 6.07) is 3.57. The van der Waals surface area contributed by atoms with Crippen molar-refractivity contribution in [2.24, 2.45) is 5.92 Å². The van der Waals surface area contributed by atoms with Gasteiger partial charge in [0.15, 0.2) is 5.65 Å². The monoisotopic (exact) mass is 539 g/mol. The minimum absolute atomic E-state index is 0.0131. The largest absolute Gasteiger partial charge is 0.393 e. The molecule has 0 atom stereocenters. The van der Waals surface area contributed by atoms with E-state index in [1.165, 1.54) is 12.1 Å². The number of benzene rings is 1. The fourth-order valence-corrected chi connectivity index (χ4v) is 6.29. The molecule has 208 valence electrons. The van der Waals surface area contributed by atoms with E-state index in [0.29, 0.717) is 41.8 Å². The van der Waals surface area contributed by atoms with Gasteiger partial charge in [-0.3, -0.25) is 9.36 Å². The van der Waals surface area contributed by atoms with Crippen LogP contribution in [0.25, 0.3) is 11.2 Å². The summed E-state index contributed by atoms with van der Waals surface area (Å²) < 4.78 is 29.9. The highest BCUT2D eigenvalue weighted by atomic mass is 19.1. The number of rotatable bonds is 6. The van der Waals surface area contributed by atoms with Crippen LogP contribution in [0.3, 0.4) is 0 Å². The van der Waals surface area contributed by atoms with Gasteiger partial charge in [0.2, 0.25) is 17.8 Å². The van der Waals surface area contributed by atoms with Gasteiger partial charge >= 0.3 is 0 Å². The fourth-order valence-electron chi connectivity index (χ4n) is 6.29. The maximum absolute atomic E-state index is 14.5. The average molecular weight is 540 g/mol. The number of halogens is 2. The molecule has 11 heteroatoms. The van der Waals surface area contributed by atoms with Crippen molar-refractivity contribution in [3.8, 4) is 0 Å². The third kappa shape index (κ3) is 5.54. The maximum atomic E-state index is 14.5. The molecule has 39 heavy (non-hydrogen) atoms. The maximum Gasteiger partial charge on any atom is 0.225 e. The van der Waals surface area contributed by atoms with Crippen molar-refractivity contribution < 1.29 is 18.7 Å². The van der Waals surface area contributed by atoms with E-state index < -0.39 is 11.6 Å². The summed E-state index contributed by atoms with van der Waals surface area (Å²) in [5.41, 5.74) is 1.31. The number of fused-ring (bicyclic) bond motifs is 1. The Kier molecular flexibility index (Phi) is 7.33. The minimum atomic E-state index is -0.708. The number of carbonyl (C=O) groups excluding carboxylic acids is 1. The zero-order valence-electron chi connectivity index (χ0n) is 22.0. The summed E-state index contributed by atoms with van der Waals surface area (Å²) in [5, 5.41) is 16.6. The van der Waals surface area contributed by atoms with Gasteiger partial charge in [-0.25, -0.2) is 18.7 Å². The molecule has 2 aromatic heterocycles. The van der Waals surface area contributed by atoms with Crippen molar-refractivity contribution in [3.05, 3.63) is 36.0 Å². The van der Waals surface area contributed by atoms with E-state index in [2.05, 4.69) is 20.6 Å². The summed E-state index contributed by atoms with van der Waals surface area (Å²) in [6.07, 6.45) is 9.79. The van der Waals surface area contributed by atoms with Gasteiger partial charge in [-0.1, -0.05) is 0 Å². The number of hydrogen-bond acceptors (Lipinski definition) is 7. The Morgan fingerprint density at radius 2 is 1.72 bits per heavy atom. The van der Waals surface area contributed by atoms with Crippen molar-refractivity contribution >= 4 is 34.7 Å². The van der Waals surface area contributed by atoms with Crippen LogP contribution in [0.5, 0.6) is 0 Å². The molecular weight excluding hydrogens is 504 g/mol. The number of carbonyl (C=O) groups is 1. The first-order valence-electron chi connectivity index (χ1n) is 14.1. The summed E-state index contributed by atoms with van der Waals surface area (Å²) in [5.74, 6) is -0.0442. The molecule has 2 saturated carbocycles. The Morgan fingerprint density at radius 3 is 2.44 bits per heavy atom. The predicted octanol–water partition coefficient (Wildman–Crippen LogP) is 4.92. The van der Waals surface area contributed by atoms with Crippen LogP contribution in [-0.4, -0.2) is 60.7 Å². The van der Waals surface area contributed by atoms with Gasteiger partial charge in [-0.05, 0) is 76.3 Å². The number of aliphatic hydroxyl groups is 1. The van der Waals surface area contributed by atoms with Gasteiger partial charge in [0.25, 0.3) is 0 Å². The number of nitrogens with zero attached hydrogens (tertiary/aromatic N) is 5. The van der Waals surface area contributed by atoms with Gasteiger partial charge in [-0.15, -0.1) is 0 Å². The lowest BCUT2D eigenvalue weighted by Gasteiger charge is -2.31. The molecule has 3 N–H and O–H groups in total. The summed E-state index contributed by atoms with van der Waals surface area (Å²) in [7, 11) is 0. The van der Waals surface area contributed by atoms with Crippen LogP contribution in [0.15, 0.2) is 24.4 Å². The van der Waals surface area contributed by atoms with E-state index >= 15 is 0 Å². The number of anilines is 3. The number of amides is 1. The molecule has 3 aliphatic rings. The Hall–Kier alpha value is -3.34. The van der Waals surface area contributed by atoms with Crippen molar-refractivity contribution in [2.75, 3.05) is 23.7 Å². The molecule has 3 fully saturated rings. The van der Waals surface area contributed by atoms with E-state index in [9.17, 15) is 18.7 Å². The van der Waals surface area contributed by atoms with Crippen LogP contribution in [-0.2, 0) is 4.79 Å². The van der Waals surface area contributed by atoms with Crippen LogP contribution >= 0.6 is 0 Å². The van der Waals surface area contributed by atoms with E-state index in [1.807, 2.05) is 9.47 Å². The first kappa shape index (κ1) is 25.9. The molecule has 1 aliphatic heterocycles. The molecule has 0 spiro atoms. The lowest BCUT2D eigenvalue weighted by atomic mass is 9.85. The quantitative estimate of drug-likeness (QED) is 0.408. The minimum Gasteiger partial charge on any atom is -0.393 e. The fraction of sp³-hybridized carbons (Fsp3) is 0.571. The van der Waals surface area contributed by atoms with Crippen molar-refractivity contribution in [3.63, 3.8) is 0 Å². The van der Waals surface area contributed by atoms with E-state index in [4.69, 9.17) is 4.98 Å². The lowest BCUT2D eigenvalue weighted by Crippen LogP contribution is -2.37. The Balaban J connectivity index is 1.22. The van der Waals surface area contributed by atoms with Gasteiger partial charge < -0.3 is 20.6 Å². The number of likely N-dealkylation sites (tertiary alicyclic amines) is 1. The van der Waals surface area contributed by atoms with Gasteiger partial charge in [-0.2, -0.15) is 4.98 Å². The number of imidazole rings is 1.